The molecule has 164 valence electrons. The molecule has 0 bridgehead atoms. The molecule has 0 spiro atoms. The first-order valence-electron chi connectivity index (χ1n) is 10.9. The van der Waals surface area contributed by atoms with E-state index in [9.17, 15) is 14.4 Å². The highest BCUT2D eigenvalue weighted by molar-refractivity contribution is 6.35. The van der Waals surface area contributed by atoms with Gasteiger partial charge in [-0.15, -0.1) is 0 Å². The monoisotopic (exact) mass is 437 g/mol. The summed E-state index contributed by atoms with van der Waals surface area (Å²) >= 11 is 0. The van der Waals surface area contributed by atoms with Crippen molar-refractivity contribution in [3.05, 3.63) is 101 Å². The van der Waals surface area contributed by atoms with Crippen LogP contribution in [0, 0.1) is 13.8 Å². The van der Waals surface area contributed by atoms with Crippen molar-refractivity contribution in [1.29, 1.82) is 0 Å². The summed E-state index contributed by atoms with van der Waals surface area (Å²) in [5.74, 6) is -1.05. The summed E-state index contributed by atoms with van der Waals surface area (Å²) in [7, 11) is 0. The van der Waals surface area contributed by atoms with E-state index in [1.54, 1.807) is 18.2 Å². The number of imide groups is 1. The van der Waals surface area contributed by atoms with Gasteiger partial charge in [0, 0.05) is 30.4 Å². The third kappa shape index (κ3) is 3.49. The van der Waals surface area contributed by atoms with E-state index >= 15 is 0 Å². The lowest BCUT2D eigenvalue weighted by Gasteiger charge is -2.17. The van der Waals surface area contributed by atoms with Crippen molar-refractivity contribution >= 4 is 34.3 Å². The number of aryl methyl sites for hydroxylation is 1. The Morgan fingerprint density at radius 1 is 0.879 bits per heavy atom. The van der Waals surface area contributed by atoms with Crippen molar-refractivity contribution in [2.45, 2.75) is 20.4 Å². The van der Waals surface area contributed by atoms with Gasteiger partial charge in [-0.3, -0.25) is 14.4 Å². The first-order chi connectivity index (χ1) is 16.0. The molecular weight excluding hydrogens is 414 g/mol. The molecule has 1 aliphatic rings. The molecule has 1 aromatic heterocycles. The third-order valence-corrected chi connectivity index (χ3v) is 6.28. The molecule has 5 rings (SSSR count). The van der Waals surface area contributed by atoms with Crippen LogP contribution < -0.4 is 10.2 Å². The van der Waals surface area contributed by atoms with Crippen molar-refractivity contribution in [3.8, 4) is 0 Å². The predicted octanol–water partition coefficient (Wildman–Crippen LogP) is 4.49. The molecule has 6 nitrogen and oxygen atoms in total. The number of benzene rings is 3. The number of aromatic nitrogens is 1. The average molecular weight is 437 g/mol. The second kappa shape index (κ2) is 8.06. The molecule has 2 heterocycles. The molecular formula is C27H23N3O3. The quantitative estimate of drug-likeness (QED) is 0.468. The minimum Gasteiger partial charge on any atom is -0.350 e. The van der Waals surface area contributed by atoms with Gasteiger partial charge in [0.25, 0.3) is 17.7 Å². The number of nitrogens with one attached hydrogen (secondary N) is 1. The molecule has 1 N–H and O–H groups in total. The van der Waals surface area contributed by atoms with Crippen LogP contribution in [0.1, 0.15) is 42.2 Å². The van der Waals surface area contributed by atoms with Crippen LogP contribution in [-0.4, -0.2) is 28.8 Å². The molecule has 0 aliphatic carbocycles. The van der Waals surface area contributed by atoms with Crippen molar-refractivity contribution < 1.29 is 14.4 Å². The summed E-state index contributed by atoms with van der Waals surface area (Å²) in [4.78, 5) is 40.0. The molecule has 0 atom stereocenters. The number of para-hydroxylation sites is 1. The molecule has 0 unspecified atom stereocenters. The minimum atomic E-state index is -0.405. The van der Waals surface area contributed by atoms with E-state index in [0.29, 0.717) is 29.9 Å². The maximum Gasteiger partial charge on any atom is 0.266 e. The van der Waals surface area contributed by atoms with Gasteiger partial charge in [0.15, 0.2) is 0 Å². The molecule has 4 aromatic rings. The Labute approximate surface area is 191 Å². The Morgan fingerprint density at radius 2 is 1.67 bits per heavy atom. The van der Waals surface area contributed by atoms with E-state index in [2.05, 4.69) is 16.0 Å². The number of fused-ring (bicyclic) bond motifs is 2. The molecule has 3 aromatic carbocycles. The van der Waals surface area contributed by atoms with Gasteiger partial charge in [-0.05, 0) is 66.8 Å². The van der Waals surface area contributed by atoms with Crippen LogP contribution in [0.3, 0.4) is 0 Å². The zero-order valence-electron chi connectivity index (χ0n) is 18.5. The van der Waals surface area contributed by atoms with Gasteiger partial charge in [0.05, 0.1) is 16.8 Å². The summed E-state index contributed by atoms with van der Waals surface area (Å²) in [6.45, 7) is 4.90. The molecule has 0 fully saturated rings. The van der Waals surface area contributed by atoms with E-state index in [1.165, 1.54) is 11.0 Å². The van der Waals surface area contributed by atoms with Gasteiger partial charge in [-0.25, -0.2) is 4.90 Å². The maximum atomic E-state index is 13.1. The number of hydrogen-bond acceptors (Lipinski definition) is 3. The maximum absolute atomic E-state index is 13.1. The van der Waals surface area contributed by atoms with E-state index in [1.807, 2.05) is 56.4 Å². The molecule has 3 amide bonds. The summed E-state index contributed by atoms with van der Waals surface area (Å²) in [6, 6.07) is 20.3. The molecule has 0 radical (unpaired) electrons. The highest BCUT2D eigenvalue weighted by atomic mass is 16.2. The molecule has 0 saturated heterocycles. The normalized spacial score (nSPS) is 13.0. The lowest BCUT2D eigenvalue weighted by Crippen LogP contribution is -2.30. The Balaban J connectivity index is 1.32. The fraction of sp³-hybridized carbons (Fsp3) is 0.148. The van der Waals surface area contributed by atoms with Crippen LogP contribution in [0.2, 0.25) is 0 Å². The molecule has 33 heavy (non-hydrogen) atoms. The lowest BCUT2D eigenvalue weighted by molar-refractivity contribution is 0.0923. The van der Waals surface area contributed by atoms with Crippen LogP contribution in [0.15, 0.2) is 72.9 Å². The Morgan fingerprint density at radius 3 is 2.52 bits per heavy atom. The van der Waals surface area contributed by atoms with Crippen LogP contribution in [0.25, 0.3) is 10.9 Å². The van der Waals surface area contributed by atoms with Gasteiger partial charge < -0.3 is 9.88 Å². The SMILES string of the molecule is Cc1cccc(N2C(=O)c3ccc(C(=O)NCCn4ccc5ccccc54)cc3C2=O)c1C. The van der Waals surface area contributed by atoms with Crippen LogP contribution in [-0.2, 0) is 6.54 Å². The summed E-state index contributed by atoms with van der Waals surface area (Å²) < 4.78 is 2.09. The van der Waals surface area contributed by atoms with Gasteiger partial charge in [-0.1, -0.05) is 30.3 Å². The molecule has 6 heteroatoms. The lowest BCUT2D eigenvalue weighted by atomic mass is 10.1. The Hall–Kier alpha value is -4.19. The van der Waals surface area contributed by atoms with Crippen molar-refractivity contribution in [2.24, 2.45) is 0 Å². The number of hydrogen-bond donors (Lipinski definition) is 1. The standard InChI is InChI=1S/C27H23N3O3/c1-17-6-5-9-23(18(17)2)30-26(32)21-11-10-20(16-22(21)27(30)33)25(31)28-13-15-29-14-12-19-7-3-4-8-24(19)29/h3-12,14,16H,13,15H2,1-2H3,(H,28,31). The smallest absolute Gasteiger partial charge is 0.266 e. The van der Waals surface area contributed by atoms with Crippen LogP contribution >= 0.6 is 0 Å². The van der Waals surface area contributed by atoms with E-state index in [-0.39, 0.29) is 17.4 Å². The topological polar surface area (TPSA) is 71.4 Å². The van der Waals surface area contributed by atoms with E-state index < -0.39 is 5.91 Å². The largest absolute Gasteiger partial charge is 0.350 e. The Bertz CT molecular complexity index is 1430. The fourth-order valence-electron chi connectivity index (χ4n) is 4.31. The zero-order chi connectivity index (χ0) is 23.1. The second-order valence-electron chi connectivity index (χ2n) is 8.25. The highest BCUT2D eigenvalue weighted by Gasteiger charge is 2.37. The number of amides is 3. The zero-order valence-corrected chi connectivity index (χ0v) is 18.5. The average Bonchev–Trinajstić information content (AvgIpc) is 3.34. The Kier molecular flexibility index (Phi) is 5.05. The number of anilines is 1. The molecule has 0 saturated carbocycles. The van der Waals surface area contributed by atoms with Crippen molar-refractivity contribution in [1.82, 2.24) is 9.88 Å². The number of carbonyl (C=O) groups is 3. The van der Waals surface area contributed by atoms with E-state index in [4.69, 9.17) is 0 Å². The summed E-state index contributed by atoms with van der Waals surface area (Å²) in [5.41, 5.74) is 4.49. The number of carbonyl (C=O) groups excluding carboxylic acids is 3. The minimum absolute atomic E-state index is 0.255. The fourth-order valence-corrected chi connectivity index (χ4v) is 4.31. The highest BCUT2D eigenvalue weighted by Crippen LogP contribution is 2.32. The van der Waals surface area contributed by atoms with Crippen LogP contribution in [0.5, 0.6) is 0 Å². The van der Waals surface area contributed by atoms with Gasteiger partial charge in [0.1, 0.15) is 0 Å². The third-order valence-electron chi connectivity index (χ3n) is 6.28. The number of nitrogens with zero attached hydrogens (tertiary/aromatic N) is 2. The van der Waals surface area contributed by atoms with Crippen LogP contribution in [0.4, 0.5) is 5.69 Å². The number of rotatable bonds is 5. The second-order valence-corrected chi connectivity index (χ2v) is 8.25. The summed E-state index contributed by atoms with van der Waals surface area (Å²) in [6.07, 6.45) is 2.00. The van der Waals surface area contributed by atoms with Crippen molar-refractivity contribution in [2.75, 3.05) is 11.4 Å². The van der Waals surface area contributed by atoms with Gasteiger partial charge >= 0.3 is 0 Å². The van der Waals surface area contributed by atoms with Crippen molar-refractivity contribution in [3.63, 3.8) is 0 Å². The predicted molar refractivity (Wildman–Crippen MR) is 128 cm³/mol. The van der Waals surface area contributed by atoms with E-state index in [0.717, 1.165) is 22.0 Å². The molecule has 1 aliphatic heterocycles. The van der Waals surface area contributed by atoms with Gasteiger partial charge in [0.2, 0.25) is 0 Å². The van der Waals surface area contributed by atoms with Gasteiger partial charge in [-0.2, -0.15) is 0 Å². The summed E-state index contributed by atoms with van der Waals surface area (Å²) in [5, 5.41) is 4.06. The first-order valence-corrected chi connectivity index (χ1v) is 10.9. The first kappa shape index (κ1) is 20.7.